The molecule has 2 aromatic carbocycles. The molecule has 166 valence electrons. The largest absolute Gasteiger partial charge is 0.416 e. The van der Waals surface area contributed by atoms with Gasteiger partial charge in [0.2, 0.25) is 0 Å². The van der Waals surface area contributed by atoms with Gasteiger partial charge in [0.15, 0.2) is 8.32 Å². The van der Waals surface area contributed by atoms with E-state index in [-0.39, 0.29) is 11.0 Å². The van der Waals surface area contributed by atoms with Crippen LogP contribution in [-0.4, -0.2) is 27.9 Å². The molecule has 0 aromatic heterocycles. The Hall–Kier alpha value is -1.08. The summed E-state index contributed by atoms with van der Waals surface area (Å²) in [7, 11) is -4.77. The lowest BCUT2D eigenvalue weighted by Gasteiger charge is -2.37. The highest BCUT2D eigenvalue weighted by Gasteiger charge is 2.39. The Bertz CT molecular complexity index is 827. The van der Waals surface area contributed by atoms with Crippen molar-refractivity contribution in [1.29, 1.82) is 0 Å². The van der Waals surface area contributed by atoms with E-state index in [0.717, 1.165) is 11.1 Å². The fraction of sp³-hybridized carbons (Fsp3) is 0.500. The van der Waals surface area contributed by atoms with Gasteiger partial charge in [0.25, 0.3) is 0 Å². The van der Waals surface area contributed by atoms with Gasteiger partial charge in [-0.15, -0.1) is 0 Å². The minimum Gasteiger partial charge on any atom is -0.416 e. The smallest absolute Gasteiger partial charge is 0.191 e. The minimum absolute atomic E-state index is 0.0917. The van der Waals surface area contributed by atoms with Crippen molar-refractivity contribution < 1.29 is 12.8 Å². The minimum atomic E-state index is -1.95. The van der Waals surface area contributed by atoms with Crippen molar-refractivity contribution in [1.82, 2.24) is 0 Å². The summed E-state index contributed by atoms with van der Waals surface area (Å²) in [5, 5.41) is 0.0917. The molecule has 0 radical (unpaired) electrons. The van der Waals surface area contributed by atoms with E-state index in [1.807, 2.05) is 69.3 Å². The van der Waals surface area contributed by atoms with Gasteiger partial charge in [-0.05, 0) is 56.2 Å². The normalized spacial score (nSPS) is 15.8. The fourth-order valence-electron chi connectivity index (χ4n) is 2.75. The SMILES string of the molecule is Cc1ccc([S@](=O)C([C@@H](C)CO[Si](C)(C)C(C)(C)C)[S@@](=O)c2ccc(C)cc2)cc1. The van der Waals surface area contributed by atoms with Gasteiger partial charge in [-0.3, -0.25) is 8.42 Å². The lowest BCUT2D eigenvalue weighted by molar-refractivity contribution is 0.244. The van der Waals surface area contributed by atoms with Crippen LogP contribution in [0.2, 0.25) is 18.1 Å². The molecule has 3 atom stereocenters. The zero-order valence-electron chi connectivity index (χ0n) is 19.5. The van der Waals surface area contributed by atoms with E-state index >= 15 is 0 Å². The van der Waals surface area contributed by atoms with Crippen molar-refractivity contribution >= 4 is 29.9 Å². The first-order chi connectivity index (χ1) is 13.8. The van der Waals surface area contributed by atoms with Gasteiger partial charge in [0, 0.05) is 22.3 Å². The Morgan fingerprint density at radius 1 is 0.833 bits per heavy atom. The second kappa shape index (κ2) is 10.0. The van der Waals surface area contributed by atoms with Crippen molar-refractivity contribution in [2.75, 3.05) is 6.61 Å². The summed E-state index contributed by atoms with van der Waals surface area (Å²) in [4.78, 5) is 1.43. The third-order valence-corrected chi connectivity index (χ3v) is 14.7. The number of benzene rings is 2. The molecule has 0 aliphatic carbocycles. The number of aryl methyl sites for hydroxylation is 2. The first-order valence-electron chi connectivity index (χ1n) is 10.4. The van der Waals surface area contributed by atoms with E-state index in [1.54, 1.807) is 0 Å². The lowest BCUT2D eigenvalue weighted by atomic mass is 10.2. The van der Waals surface area contributed by atoms with E-state index in [0.29, 0.717) is 16.4 Å². The summed E-state index contributed by atoms with van der Waals surface area (Å²) >= 11 is 0. The van der Waals surface area contributed by atoms with Crippen LogP contribution >= 0.6 is 0 Å². The summed E-state index contributed by atoms with van der Waals surface area (Å²) in [5.74, 6) is -0.122. The molecule has 0 heterocycles. The number of rotatable bonds is 8. The molecule has 0 amide bonds. The highest BCUT2D eigenvalue weighted by atomic mass is 32.2. The predicted molar refractivity (Wildman–Crippen MR) is 131 cm³/mol. The average molecular weight is 465 g/mol. The maximum atomic E-state index is 13.6. The average Bonchev–Trinajstić information content (AvgIpc) is 2.66. The maximum Gasteiger partial charge on any atom is 0.191 e. The summed E-state index contributed by atoms with van der Waals surface area (Å²) < 4.78 is 33.0. The van der Waals surface area contributed by atoms with Crippen LogP contribution in [0.25, 0.3) is 0 Å². The van der Waals surface area contributed by atoms with Gasteiger partial charge < -0.3 is 4.43 Å². The summed E-state index contributed by atoms with van der Waals surface area (Å²) in [5.41, 5.74) is 2.22. The van der Waals surface area contributed by atoms with Gasteiger partial charge in [-0.25, -0.2) is 0 Å². The molecule has 0 aliphatic rings. The van der Waals surface area contributed by atoms with E-state index in [2.05, 4.69) is 33.9 Å². The van der Waals surface area contributed by atoms with Crippen LogP contribution in [0.1, 0.15) is 38.8 Å². The Morgan fingerprint density at radius 2 is 1.20 bits per heavy atom. The molecule has 0 fully saturated rings. The highest BCUT2D eigenvalue weighted by Crippen LogP contribution is 2.37. The van der Waals surface area contributed by atoms with Crippen LogP contribution in [0, 0.1) is 19.8 Å². The monoisotopic (exact) mass is 464 g/mol. The lowest BCUT2D eigenvalue weighted by Crippen LogP contribution is -2.43. The zero-order valence-corrected chi connectivity index (χ0v) is 22.2. The first kappa shape index (κ1) is 25.2. The molecule has 30 heavy (non-hydrogen) atoms. The van der Waals surface area contributed by atoms with E-state index < -0.39 is 34.5 Å². The Labute approximate surface area is 188 Å². The van der Waals surface area contributed by atoms with Gasteiger partial charge in [0.1, 0.15) is 4.58 Å². The highest BCUT2D eigenvalue weighted by molar-refractivity contribution is 8.03. The van der Waals surface area contributed by atoms with Gasteiger partial charge in [-0.1, -0.05) is 63.1 Å². The molecule has 0 aliphatic heterocycles. The van der Waals surface area contributed by atoms with Crippen molar-refractivity contribution in [3.63, 3.8) is 0 Å². The molecular weight excluding hydrogens is 428 g/mol. The first-order valence-corrected chi connectivity index (χ1v) is 15.8. The second-order valence-corrected chi connectivity index (χ2v) is 17.9. The molecule has 2 aromatic rings. The van der Waals surface area contributed by atoms with Crippen LogP contribution in [0.4, 0.5) is 0 Å². The van der Waals surface area contributed by atoms with Gasteiger partial charge >= 0.3 is 0 Å². The van der Waals surface area contributed by atoms with E-state index in [4.69, 9.17) is 4.43 Å². The molecule has 0 N–H and O–H groups in total. The Morgan fingerprint density at radius 3 is 1.53 bits per heavy atom. The van der Waals surface area contributed by atoms with Crippen LogP contribution < -0.4 is 0 Å². The molecule has 0 saturated heterocycles. The maximum absolute atomic E-state index is 13.6. The third-order valence-electron chi connectivity index (χ3n) is 5.91. The standard InChI is InChI=1S/C24H36O3S2Si/c1-18-9-13-21(14-10-18)28(25)23(29(26)22-15-11-19(2)12-16-22)20(3)17-27-30(7,8)24(4,5)6/h9-16,20,23H,17H2,1-8H3/t20-,28-,29-/m0/s1. The van der Waals surface area contributed by atoms with E-state index in [1.165, 1.54) is 0 Å². The quantitative estimate of drug-likeness (QED) is 0.437. The second-order valence-electron chi connectivity index (χ2n) is 9.64. The third kappa shape index (κ3) is 6.22. The van der Waals surface area contributed by atoms with Crippen LogP contribution in [0.15, 0.2) is 58.3 Å². The number of hydrogen-bond donors (Lipinski definition) is 0. The summed E-state index contributed by atoms with van der Waals surface area (Å²) in [6.45, 7) is 17.5. The molecule has 0 bridgehead atoms. The van der Waals surface area contributed by atoms with Crippen LogP contribution in [0.5, 0.6) is 0 Å². The molecule has 2 rings (SSSR count). The zero-order chi connectivity index (χ0) is 22.7. The summed E-state index contributed by atoms with van der Waals surface area (Å²) in [6, 6.07) is 15.3. The van der Waals surface area contributed by atoms with E-state index in [9.17, 15) is 8.42 Å². The van der Waals surface area contributed by atoms with Crippen LogP contribution in [-0.2, 0) is 26.0 Å². The van der Waals surface area contributed by atoms with Crippen molar-refractivity contribution in [3.8, 4) is 0 Å². The molecule has 0 unspecified atom stereocenters. The van der Waals surface area contributed by atoms with Crippen molar-refractivity contribution in [3.05, 3.63) is 59.7 Å². The molecule has 0 saturated carbocycles. The molecule has 6 heteroatoms. The topological polar surface area (TPSA) is 43.4 Å². The fourth-order valence-corrected chi connectivity index (χ4v) is 7.51. The number of hydrogen-bond acceptors (Lipinski definition) is 3. The van der Waals surface area contributed by atoms with Crippen LogP contribution in [0.3, 0.4) is 0 Å². The molecular formula is C24H36O3S2Si. The molecule has 0 spiro atoms. The van der Waals surface area contributed by atoms with Gasteiger partial charge in [-0.2, -0.15) is 0 Å². The Balaban J connectivity index is 2.34. The summed E-state index contributed by atoms with van der Waals surface area (Å²) in [6.07, 6.45) is 0. The van der Waals surface area contributed by atoms with Crippen molar-refractivity contribution in [2.24, 2.45) is 5.92 Å². The molecule has 3 nitrogen and oxygen atoms in total. The van der Waals surface area contributed by atoms with Gasteiger partial charge in [0.05, 0.1) is 21.6 Å². The predicted octanol–water partition coefficient (Wildman–Crippen LogP) is 6.20. The Kier molecular flexibility index (Phi) is 8.41. The van der Waals surface area contributed by atoms with Crippen molar-refractivity contribution in [2.45, 2.75) is 74.0 Å².